The number of hydrogen-bond donors (Lipinski definition) is 2. The van der Waals surface area contributed by atoms with E-state index in [0.29, 0.717) is 30.6 Å². The molecular formula is C26H25FN4O3S. The van der Waals surface area contributed by atoms with Crippen LogP contribution in [0.3, 0.4) is 0 Å². The molecule has 2 N–H and O–H groups in total. The SMILES string of the molecule is CN(CCCc1cc(-c2ccc(F)cc2)n[nH]1)C(=O)c1cccc(NS(=O)(=O)c2ccccc2)c1. The number of sulfonamides is 1. The molecule has 0 aliphatic rings. The maximum atomic E-state index is 13.1. The molecule has 1 heterocycles. The number of anilines is 1. The quantitative estimate of drug-likeness (QED) is 0.353. The van der Waals surface area contributed by atoms with Crippen LogP contribution in [0.25, 0.3) is 11.3 Å². The van der Waals surface area contributed by atoms with Gasteiger partial charge in [0.25, 0.3) is 15.9 Å². The van der Waals surface area contributed by atoms with Crippen LogP contribution in [0.2, 0.25) is 0 Å². The van der Waals surface area contributed by atoms with Gasteiger partial charge < -0.3 is 4.90 Å². The van der Waals surface area contributed by atoms with Crippen LogP contribution in [0.4, 0.5) is 10.1 Å². The zero-order valence-corrected chi connectivity index (χ0v) is 19.9. The number of hydrogen-bond acceptors (Lipinski definition) is 4. The molecular weight excluding hydrogens is 467 g/mol. The number of carbonyl (C=O) groups is 1. The maximum Gasteiger partial charge on any atom is 0.261 e. The number of halogens is 1. The molecule has 0 saturated heterocycles. The summed E-state index contributed by atoms with van der Waals surface area (Å²) in [6.07, 6.45) is 1.39. The van der Waals surface area contributed by atoms with Gasteiger partial charge in [-0.1, -0.05) is 24.3 Å². The number of amides is 1. The molecule has 0 bridgehead atoms. The van der Waals surface area contributed by atoms with E-state index in [1.54, 1.807) is 60.5 Å². The lowest BCUT2D eigenvalue weighted by Gasteiger charge is -2.17. The van der Waals surface area contributed by atoms with E-state index in [0.717, 1.165) is 17.0 Å². The predicted octanol–water partition coefficient (Wildman–Crippen LogP) is 4.72. The first-order chi connectivity index (χ1) is 16.8. The van der Waals surface area contributed by atoms with Crippen LogP contribution in [0.1, 0.15) is 22.5 Å². The zero-order chi connectivity index (χ0) is 24.8. The van der Waals surface area contributed by atoms with Gasteiger partial charge in [0, 0.05) is 36.1 Å². The average molecular weight is 493 g/mol. The Balaban J connectivity index is 1.33. The third-order valence-electron chi connectivity index (χ3n) is 5.47. The second kappa shape index (κ2) is 10.5. The Kier molecular flexibility index (Phi) is 7.26. The first kappa shape index (κ1) is 24.2. The molecule has 180 valence electrons. The van der Waals surface area contributed by atoms with Crippen molar-refractivity contribution in [3.63, 3.8) is 0 Å². The van der Waals surface area contributed by atoms with Crippen molar-refractivity contribution in [2.45, 2.75) is 17.7 Å². The summed E-state index contributed by atoms with van der Waals surface area (Å²) in [4.78, 5) is 14.6. The lowest BCUT2D eigenvalue weighted by Crippen LogP contribution is -2.28. The minimum absolute atomic E-state index is 0.148. The highest BCUT2D eigenvalue weighted by atomic mass is 32.2. The molecule has 9 heteroatoms. The van der Waals surface area contributed by atoms with Crippen molar-refractivity contribution >= 4 is 21.6 Å². The molecule has 1 aromatic heterocycles. The van der Waals surface area contributed by atoms with E-state index in [4.69, 9.17) is 0 Å². The molecule has 0 aliphatic carbocycles. The molecule has 4 rings (SSSR count). The van der Waals surface area contributed by atoms with E-state index in [2.05, 4.69) is 14.9 Å². The Labute approximate surface area is 203 Å². The Morgan fingerprint density at radius 3 is 2.49 bits per heavy atom. The first-order valence-electron chi connectivity index (χ1n) is 11.1. The smallest absolute Gasteiger partial charge is 0.261 e. The number of aromatic amines is 1. The number of aromatic nitrogens is 2. The van der Waals surface area contributed by atoms with E-state index in [-0.39, 0.29) is 16.6 Å². The van der Waals surface area contributed by atoms with Crippen molar-refractivity contribution in [2.75, 3.05) is 18.3 Å². The van der Waals surface area contributed by atoms with Gasteiger partial charge in [-0.3, -0.25) is 14.6 Å². The van der Waals surface area contributed by atoms with Crippen LogP contribution in [-0.2, 0) is 16.4 Å². The highest BCUT2D eigenvalue weighted by molar-refractivity contribution is 7.92. The molecule has 0 radical (unpaired) electrons. The summed E-state index contributed by atoms with van der Waals surface area (Å²) in [5.74, 6) is -0.501. The number of carbonyl (C=O) groups excluding carboxylic acids is 1. The van der Waals surface area contributed by atoms with Gasteiger partial charge in [0.1, 0.15) is 5.82 Å². The Morgan fingerprint density at radius 1 is 1.00 bits per heavy atom. The highest BCUT2D eigenvalue weighted by Crippen LogP contribution is 2.20. The molecule has 0 aliphatic heterocycles. The summed E-state index contributed by atoms with van der Waals surface area (Å²) < 4.78 is 40.8. The number of rotatable bonds is 9. The second-order valence-electron chi connectivity index (χ2n) is 8.11. The predicted molar refractivity (Wildman–Crippen MR) is 133 cm³/mol. The first-order valence-corrected chi connectivity index (χ1v) is 12.5. The van der Waals surface area contributed by atoms with Crippen LogP contribution in [-0.4, -0.2) is 43.0 Å². The van der Waals surface area contributed by atoms with Gasteiger partial charge in [0.05, 0.1) is 10.6 Å². The van der Waals surface area contributed by atoms with Crippen molar-refractivity contribution in [3.8, 4) is 11.3 Å². The Hall–Kier alpha value is -3.98. The van der Waals surface area contributed by atoms with Gasteiger partial charge >= 0.3 is 0 Å². The number of nitrogens with one attached hydrogen (secondary N) is 2. The van der Waals surface area contributed by atoms with Gasteiger partial charge in [-0.25, -0.2) is 12.8 Å². The topological polar surface area (TPSA) is 95.2 Å². The van der Waals surface area contributed by atoms with Crippen molar-refractivity contribution in [1.82, 2.24) is 15.1 Å². The molecule has 0 unspecified atom stereocenters. The molecule has 7 nitrogen and oxygen atoms in total. The zero-order valence-electron chi connectivity index (χ0n) is 19.1. The number of H-pyrrole nitrogens is 1. The van der Waals surface area contributed by atoms with E-state index >= 15 is 0 Å². The van der Waals surface area contributed by atoms with Crippen LogP contribution in [0.15, 0.2) is 89.8 Å². The molecule has 0 spiro atoms. The van der Waals surface area contributed by atoms with Gasteiger partial charge in [-0.2, -0.15) is 5.10 Å². The summed E-state index contributed by atoms with van der Waals surface area (Å²) in [7, 11) is -2.04. The van der Waals surface area contributed by atoms with Crippen LogP contribution in [0.5, 0.6) is 0 Å². The Bertz CT molecular complexity index is 1400. The van der Waals surface area contributed by atoms with E-state index in [1.165, 1.54) is 30.3 Å². The number of nitrogens with zero attached hydrogens (tertiary/aromatic N) is 2. The average Bonchev–Trinajstić information content (AvgIpc) is 3.33. The minimum atomic E-state index is -3.74. The lowest BCUT2D eigenvalue weighted by molar-refractivity contribution is 0.0793. The molecule has 3 aromatic carbocycles. The summed E-state index contributed by atoms with van der Waals surface area (Å²) in [6, 6.07) is 22.5. The summed E-state index contributed by atoms with van der Waals surface area (Å²) in [6.45, 7) is 0.504. The summed E-state index contributed by atoms with van der Waals surface area (Å²) in [5.41, 5.74) is 3.19. The van der Waals surface area contributed by atoms with Gasteiger partial charge in [0.15, 0.2) is 0 Å². The monoisotopic (exact) mass is 492 g/mol. The van der Waals surface area contributed by atoms with Crippen LogP contribution < -0.4 is 4.72 Å². The van der Waals surface area contributed by atoms with E-state index < -0.39 is 10.0 Å². The van der Waals surface area contributed by atoms with Crippen LogP contribution in [0, 0.1) is 5.82 Å². The summed E-state index contributed by atoms with van der Waals surface area (Å²) in [5, 5.41) is 7.26. The second-order valence-corrected chi connectivity index (χ2v) is 9.80. The van der Waals surface area contributed by atoms with Crippen molar-refractivity contribution in [2.24, 2.45) is 0 Å². The molecule has 1 amide bonds. The fourth-order valence-electron chi connectivity index (χ4n) is 3.62. The third kappa shape index (κ3) is 6.13. The van der Waals surface area contributed by atoms with E-state index in [9.17, 15) is 17.6 Å². The third-order valence-corrected chi connectivity index (χ3v) is 6.87. The molecule has 0 fully saturated rings. The van der Waals surface area contributed by atoms with Crippen molar-refractivity contribution < 1.29 is 17.6 Å². The number of aryl methyl sites for hydroxylation is 1. The molecule has 0 saturated carbocycles. The van der Waals surface area contributed by atoms with Crippen molar-refractivity contribution in [1.29, 1.82) is 0 Å². The van der Waals surface area contributed by atoms with Gasteiger partial charge in [0.2, 0.25) is 0 Å². The summed E-state index contributed by atoms with van der Waals surface area (Å²) >= 11 is 0. The highest BCUT2D eigenvalue weighted by Gasteiger charge is 2.16. The maximum absolute atomic E-state index is 13.1. The minimum Gasteiger partial charge on any atom is -0.342 e. The molecule has 35 heavy (non-hydrogen) atoms. The largest absolute Gasteiger partial charge is 0.342 e. The standard InChI is InChI=1S/C26H25FN4O3S/c1-31(16-6-9-22-18-25(29-28-22)19-12-14-21(27)15-13-19)26(32)20-7-5-8-23(17-20)30-35(33,34)24-10-3-2-4-11-24/h2-5,7-8,10-15,17-18,30H,6,9,16H2,1H3,(H,28,29). The van der Waals surface area contributed by atoms with E-state index in [1.807, 2.05) is 6.07 Å². The Morgan fingerprint density at radius 2 is 1.74 bits per heavy atom. The molecule has 4 aromatic rings. The van der Waals surface area contributed by atoms with Gasteiger partial charge in [-0.05, 0) is 73.5 Å². The normalized spacial score (nSPS) is 11.3. The number of benzene rings is 3. The molecule has 0 atom stereocenters. The van der Waals surface area contributed by atoms with Crippen LogP contribution >= 0.6 is 0 Å². The lowest BCUT2D eigenvalue weighted by atomic mass is 10.1. The van der Waals surface area contributed by atoms with Crippen molar-refractivity contribution in [3.05, 3.63) is 102 Å². The van der Waals surface area contributed by atoms with Gasteiger partial charge in [-0.15, -0.1) is 0 Å². The fourth-order valence-corrected chi connectivity index (χ4v) is 4.69. The fraction of sp³-hybridized carbons (Fsp3) is 0.154.